The lowest BCUT2D eigenvalue weighted by Crippen LogP contribution is -2.48. The molecule has 2 N–H and O–H groups in total. The van der Waals surface area contributed by atoms with E-state index in [0.29, 0.717) is 12.0 Å². The number of aliphatic imine (C=N–C) groups is 1. The molecule has 0 spiro atoms. The molecule has 1 amide bonds. The third kappa shape index (κ3) is 1.43. The summed E-state index contributed by atoms with van der Waals surface area (Å²) in [5.41, 5.74) is -0.340. The molecule has 0 aromatic rings. The van der Waals surface area contributed by atoms with Crippen LogP contribution < -0.4 is 10.6 Å². The zero-order valence-corrected chi connectivity index (χ0v) is 9.05. The second-order valence-corrected chi connectivity index (χ2v) is 4.89. The molecule has 3 aliphatic rings. The molecular weight excluding hydrogens is 190 g/mol. The molecule has 1 saturated heterocycles. The van der Waals surface area contributed by atoms with Gasteiger partial charge in [-0.1, -0.05) is 6.92 Å². The summed E-state index contributed by atoms with van der Waals surface area (Å²) in [4.78, 5) is 16.4. The molecule has 2 saturated carbocycles. The molecule has 1 unspecified atom stereocenters. The van der Waals surface area contributed by atoms with Gasteiger partial charge in [0.2, 0.25) is 0 Å². The Morgan fingerprint density at radius 1 is 1.40 bits per heavy atom. The fourth-order valence-electron chi connectivity index (χ4n) is 2.37. The Morgan fingerprint density at radius 3 is 2.67 bits per heavy atom. The van der Waals surface area contributed by atoms with E-state index in [0.717, 1.165) is 12.4 Å². The molecule has 4 nitrogen and oxygen atoms in total. The molecular formula is C11H17N3O. The third-order valence-electron chi connectivity index (χ3n) is 3.67. The molecule has 1 atom stereocenters. The number of hydrogen-bond donors (Lipinski definition) is 2. The van der Waals surface area contributed by atoms with Crippen molar-refractivity contribution in [1.82, 2.24) is 10.6 Å². The number of carbonyl (C=O) groups is 1. The first kappa shape index (κ1) is 9.19. The lowest BCUT2D eigenvalue weighted by atomic mass is 9.90. The molecule has 0 radical (unpaired) electrons. The molecule has 3 rings (SSSR count). The highest BCUT2D eigenvalue weighted by molar-refractivity contribution is 6.09. The van der Waals surface area contributed by atoms with E-state index in [9.17, 15) is 4.79 Å². The molecule has 1 heterocycles. The summed E-state index contributed by atoms with van der Waals surface area (Å²) in [6.45, 7) is 2.07. The summed E-state index contributed by atoms with van der Waals surface area (Å²) in [5, 5.41) is 6.21. The van der Waals surface area contributed by atoms with Crippen LogP contribution in [0.2, 0.25) is 0 Å². The molecule has 0 aromatic heterocycles. The van der Waals surface area contributed by atoms with Crippen LogP contribution in [0.1, 0.15) is 39.0 Å². The molecule has 0 aromatic carbocycles. The van der Waals surface area contributed by atoms with Crippen LogP contribution >= 0.6 is 0 Å². The van der Waals surface area contributed by atoms with E-state index < -0.39 is 0 Å². The summed E-state index contributed by atoms with van der Waals surface area (Å²) < 4.78 is 0. The van der Waals surface area contributed by atoms with Crippen LogP contribution in [-0.2, 0) is 4.79 Å². The van der Waals surface area contributed by atoms with E-state index in [-0.39, 0.29) is 11.4 Å². The summed E-state index contributed by atoms with van der Waals surface area (Å²) >= 11 is 0. The number of nitrogens with one attached hydrogen (secondary N) is 2. The van der Waals surface area contributed by atoms with Crippen LogP contribution in [0.5, 0.6) is 0 Å². The second kappa shape index (κ2) is 2.97. The van der Waals surface area contributed by atoms with Gasteiger partial charge in [-0.25, -0.2) is 4.99 Å². The summed E-state index contributed by atoms with van der Waals surface area (Å²) in [6.07, 6.45) is 5.54. The number of hydrogen-bond acceptors (Lipinski definition) is 2. The zero-order chi connectivity index (χ0) is 10.5. The molecule has 1 aliphatic heterocycles. The van der Waals surface area contributed by atoms with Crippen LogP contribution in [-0.4, -0.2) is 23.4 Å². The topological polar surface area (TPSA) is 53.5 Å². The monoisotopic (exact) mass is 207 g/mol. The average Bonchev–Trinajstić information content (AvgIpc) is 3.06. The largest absolute Gasteiger partial charge is 0.341 e. The highest BCUT2D eigenvalue weighted by Gasteiger charge is 2.54. The first-order valence-electron chi connectivity index (χ1n) is 5.92. The van der Waals surface area contributed by atoms with Crippen molar-refractivity contribution in [3.05, 3.63) is 0 Å². The predicted octanol–water partition coefficient (Wildman–Crippen LogP) is 0.783. The minimum atomic E-state index is -0.340. The second-order valence-electron chi connectivity index (χ2n) is 4.89. The zero-order valence-electron chi connectivity index (χ0n) is 9.05. The Kier molecular flexibility index (Phi) is 1.82. The standard InChI is InChI=1S/C11H17N3O/c1-2-11(7-3-4-7)9(15)13-10(14-11)12-8-5-6-8/h7-8H,2-6H2,1H3,(H2,12,13,14,15). The normalized spacial score (nSPS) is 37.9. The van der Waals surface area contributed by atoms with E-state index in [4.69, 9.17) is 0 Å². The van der Waals surface area contributed by atoms with Gasteiger partial charge in [0.15, 0.2) is 5.96 Å². The van der Waals surface area contributed by atoms with Gasteiger partial charge in [0.25, 0.3) is 5.91 Å². The van der Waals surface area contributed by atoms with E-state index in [2.05, 4.69) is 22.5 Å². The van der Waals surface area contributed by atoms with Gasteiger partial charge < -0.3 is 5.32 Å². The van der Waals surface area contributed by atoms with Gasteiger partial charge in [-0.3, -0.25) is 10.1 Å². The summed E-state index contributed by atoms with van der Waals surface area (Å²) in [6, 6.07) is 0.458. The first-order valence-corrected chi connectivity index (χ1v) is 5.92. The predicted molar refractivity (Wildman–Crippen MR) is 57.5 cm³/mol. The van der Waals surface area contributed by atoms with E-state index >= 15 is 0 Å². The van der Waals surface area contributed by atoms with Gasteiger partial charge >= 0.3 is 0 Å². The Hall–Kier alpha value is -1.06. The van der Waals surface area contributed by atoms with E-state index in [1.807, 2.05) is 0 Å². The average molecular weight is 207 g/mol. The van der Waals surface area contributed by atoms with Gasteiger partial charge in [-0.05, 0) is 38.0 Å². The Labute approximate surface area is 89.5 Å². The number of amides is 1. The van der Waals surface area contributed by atoms with Crippen molar-refractivity contribution in [3.63, 3.8) is 0 Å². The SMILES string of the molecule is CCC1(C2CC2)NC(=NC2CC2)NC1=O. The molecule has 0 bridgehead atoms. The van der Waals surface area contributed by atoms with Gasteiger partial charge in [-0.15, -0.1) is 0 Å². The van der Waals surface area contributed by atoms with Crippen molar-refractivity contribution in [1.29, 1.82) is 0 Å². The van der Waals surface area contributed by atoms with Crippen molar-refractivity contribution in [2.45, 2.75) is 50.6 Å². The third-order valence-corrected chi connectivity index (χ3v) is 3.67. The number of rotatable bonds is 3. The number of guanidine groups is 1. The maximum atomic E-state index is 12.0. The highest BCUT2D eigenvalue weighted by atomic mass is 16.2. The van der Waals surface area contributed by atoms with Crippen molar-refractivity contribution >= 4 is 11.9 Å². The van der Waals surface area contributed by atoms with Gasteiger partial charge in [-0.2, -0.15) is 0 Å². The number of carbonyl (C=O) groups excluding carboxylic acids is 1. The minimum Gasteiger partial charge on any atom is -0.341 e. The van der Waals surface area contributed by atoms with Crippen LogP contribution in [0.25, 0.3) is 0 Å². The van der Waals surface area contributed by atoms with Gasteiger partial charge in [0.05, 0.1) is 6.04 Å². The fourth-order valence-corrected chi connectivity index (χ4v) is 2.37. The molecule has 4 heteroatoms. The van der Waals surface area contributed by atoms with Crippen LogP contribution in [0, 0.1) is 5.92 Å². The maximum Gasteiger partial charge on any atom is 0.252 e. The smallest absolute Gasteiger partial charge is 0.252 e. The van der Waals surface area contributed by atoms with E-state index in [1.165, 1.54) is 25.7 Å². The van der Waals surface area contributed by atoms with Crippen molar-refractivity contribution < 1.29 is 4.79 Å². The maximum absolute atomic E-state index is 12.0. The summed E-state index contributed by atoms with van der Waals surface area (Å²) in [5.74, 6) is 1.37. The lowest BCUT2D eigenvalue weighted by molar-refractivity contribution is -0.124. The Morgan fingerprint density at radius 2 is 2.13 bits per heavy atom. The molecule has 15 heavy (non-hydrogen) atoms. The van der Waals surface area contributed by atoms with Gasteiger partial charge in [0, 0.05) is 0 Å². The highest BCUT2D eigenvalue weighted by Crippen LogP contribution is 2.43. The summed E-state index contributed by atoms with van der Waals surface area (Å²) in [7, 11) is 0. The molecule has 3 fully saturated rings. The fraction of sp³-hybridized carbons (Fsp3) is 0.818. The quantitative estimate of drug-likeness (QED) is 0.718. The first-order chi connectivity index (χ1) is 7.24. The Bertz CT molecular complexity index is 331. The van der Waals surface area contributed by atoms with Gasteiger partial charge in [0.1, 0.15) is 5.54 Å². The Balaban J connectivity index is 1.81. The number of nitrogens with zero attached hydrogens (tertiary/aromatic N) is 1. The van der Waals surface area contributed by atoms with Crippen LogP contribution in [0.3, 0.4) is 0 Å². The van der Waals surface area contributed by atoms with Crippen molar-refractivity contribution in [2.24, 2.45) is 10.9 Å². The lowest BCUT2D eigenvalue weighted by Gasteiger charge is -2.24. The molecule has 82 valence electrons. The van der Waals surface area contributed by atoms with E-state index in [1.54, 1.807) is 0 Å². The minimum absolute atomic E-state index is 0.131. The van der Waals surface area contributed by atoms with Crippen molar-refractivity contribution in [2.75, 3.05) is 0 Å². The van der Waals surface area contributed by atoms with Crippen molar-refractivity contribution in [3.8, 4) is 0 Å². The van der Waals surface area contributed by atoms with Crippen LogP contribution in [0.4, 0.5) is 0 Å². The van der Waals surface area contributed by atoms with Crippen LogP contribution in [0.15, 0.2) is 4.99 Å². The molecule has 2 aliphatic carbocycles.